The molecule has 2 N–H and O–H groups in total. The largest absolute Gasteiger partial charge is 0.493 e. The van der Waals surface area contributed by atoms with E-state index < -0.39 is 0 Å². The normalized spacial score (nSPS) is 9.88. The maximum Gasteiger partial charge on any atom is 0.257 e. The van der Waals surface area contributed by atoms with Gasteiger partial charge in [-0.05, 0) is 24.3 Å². The molecule has 1 aromatic heterocycles. The van der Waals surface area contributed by atoms with Crippen molar-refractivity contribution in [2.75, 3.05) is 38.5 Å². The molecule has 0 aliphatic rings. The van der Waals surface area contributed by atoms with E-state index in [0.717, 1.165) is 0 Å². The minimum absolute atomic E-state index is 0.322. The molecule has 1 heterocycles. The fourth-order valence-electron chi connectivity index (χ4n) is 2.07. The Morgan fingerprint density at radius 1 is 1.08 bits per heavy atom. The van der Waals surface area contributed by atoms with Gasteiger partial charge in [0.1, 0.15) is 5.82 Å². The lowest BCUT2D eigenvalue weighted by Crippen LogP contribution is -2.14. The van der Waals surface area contributed by atoms with Crippen LogP contribution in [0.25, 0.3) is 0 Å². The molecule has 2 aromatic rings. The molecule has 0 saturated carbocycles. The van der Waals surface area contributed by atoms with E-state index in [4.69, 9.17) is 14.2 Å². The van der Waals surface area contributed by atoms with Gasteiger partial charge in [0.2, 0.25) is 5.75 Å². The van der Waals surface area contributed by atoms with Crippen LogP contribution < -0.4 is 24.8 Å². The Kier molecular flexibility index (Phi) is 6.16. The van der Waals surface area contributed by atoms with E-state index in [2.05, 4.69) is 27.4 Å². The highest BCUT2D eigenvalue weighted by molar-refractivity contribution is 6.04. The van der Waals surface area contributed by atoms with Crippen LogP contribution in [-0.2, 0) is 0 Å². The van der Waals surface area contributed by atoms with Crippen molar-refractivity contribution < 1.29 is 19.0 Å². The summed E-state index contributed by atoms with van der Waals surface area (Å²) >= 11 is 0. The molecule has 0 spiro atoms. The molecule has 2 rings (SSSR count). The molecule has 1 amide bonds. The molecule has 0 unspecified atom stereocenters. The standard InChI is InChI=1S/C17H20N4O4/c1-5-8-18-14-6-7-15(21-20-14)19-17(22)11-9-12(23-2)16(25-4)13(10-11)24-3/h5-7,9-10H,1,8H2,2-4H3,(H,18,20)(H,19,21,22). The first kappa shape index (κ1) is 18.1. The molecular formula is C17H20N4O4. The summed E-state index contributed by atoms with van der Waals surface area (Å²) in [6.45, 7) is 4.18. The van der Waals surface area contributed by atoms with Crippen LogP contribution in [0.2, 0.25) is 0 Å². The molecule has 0 atom stereocenters. The summed E-state index contributed by atoms with van der Waals surface area (Å²) in [5.74, 6) is 1.73. The topological polar surface area (TPSA) is 94.6 Å². The first-order valence-corrected chi connectivity index (χ1v) is 7.42. The van der Waals surface area contributed by atoms with E-state index in [-0.39, 0.29) is 5.91 Å². The van der Waals surface area contributed by atoms with Crippen LogP contribution in [0, 0.1) is 0 Å². The number of amides is 1. The Bertz CT molecular complexity index is 722. The molecular weight excluding hydrogens is 324 g/mol. The smallest absolute Gasteiger partial charge is 0.257 e. The Balaban J connectivity index is 2.18. The molecule has 0 radical (unpaired) electrons. The van der Waals surface area contributed by atoms with Gasteiger partial charge in [0, 0.05) is 12.1 Å². The van der Waals surface area contributed by atoms with Crippen molar-refractivity contribution in [3.8, 4) is 17.2 Å². The number of nitrogens with zero attached hydrogens (tertiary/aromatic N) is 2. The molecule has 8 nitrogen and oxygen atoms in total. The third-order valence-corrected chi connectivity index (χ3v) is 3.26. The fraction of sp³-hybridized carbons (Fsp3) is 0.235. The van der Waals surface area contributed by atoms with E-state index in [1.807, 2.05) is 0 Å². The zero-order valence-electron chi connectivity index (χ0n) is 14.3. The van der Waals surface area contributed by atoms with Crippen LogP contribution in [0.15, 0.2) is 36.9 Å². The van der Waals surface area contributed by atoms with Crippen LogP contribution in [0.3, 0.4) is 0 Å². The van der Waals surface area contributed by atoms with Crippen molar-refractivity contribution in [1.29, 1.82) is 0 Å². The van der Waals surface area contributed by atoms with Gasteiger partial charge < -0.3 is 24.8 Å². The minimum Gasteiger partial charge on any atom is -0.493 e. The van der Waals surface area contributed by atoms with Gasteiger partial charge in [-0.3, -0.25) is 4.79 Å². The van der Waals surface area contributed by atoms with Gasteiger partial charge in [-0.15, -0.1) is 16.8 Å². The second-order valence-electron chi connectivity index (χ2n) is 4.84. The van der Waals surface area contributed by atoms with E-state index in [9.17, 15) is 4.79 Å². The number of methoxy groups -OCH3 is 3. The third-order valence-electron chi connectivity index (χ3n) is 3.26. The number of nitrogens with one attached hydrogen (secondary N) is 2. The highest BCUT2D eigenvalue weighted by Gasteiger charge is 2.17. The van der Waals surface area contributed by atoms with Crippen molar-refractivity contribution in [3.63, 3.8) is 0 Å². The fourth-order valence-corrected chi connectivity index (χ4v) is 2.07. The third kappa shape index (κ3) is 4.37. The number of carbonyl (C=O) groups is 1. The monoisotopic (exact) mass is 344 g/mol. The van der Waals surface area contributed by atoms with E-state index in [1.54, 1.807) is 30.3 Å². The highest BCUT2D eigenvalue weighted by atomic mass is 16.5. The molecule has 25 heavy (non-hydrogen) atoms. The number of rotatable bonds is 8. The molecule has 1 aromatic carbocycles. The van der Waals surface area contributed by atoms with Crippen molar-refractivity contribution >= 4 is 17.5 Å². The predicted octanol–water partition coefficient (Wildman–Crippen LogP) is 2.35. The molecule has 0 aliphatic carbocycles. The van der Waals surface area contributed by atoms with E-state index in [0.29, 0.717) is 41.0 Å². The number of hydrogen-bond donors (Lipinski definition) is 2. The predicted molar refractivity (Wildman–Crippen MR) is 94.8 cm³/mol. The summed E-state index contributed by atoms with van der Waals surface area (Å²) in [6.07, 6.45) is 1.71. The zero-order chi connectivity index (χ0) is 18.2. The van der Waals surface area contributed by atoms with Crippen LogP contribution >= 0.6 is 0 Å². The lowest BCUT2D eigenvalue weighted by atomic mass is 10.1. The van der Waals surface area contributed by atoms with Crippen molar-refractivity contribution in [1.82, 2.24) is 10.2 Å². The lowest BCUT2D eigenvalue weighted by Gasteiger charge is -2.14. The maximum absolute atomic E-state index is 12.4. The Hall–Kier alpha value is -3.29. The first-order chi connectivity index (χ1) is 12.1. The summed E-state index contributed by atoms with van der Waals surface area (Å²) in [5.41, 5.74) is 0.338. The van der Waals surface area contributed by atoms with Gasteiger partial charge in [-0.25, -0.2) is 0 Å². The summed E-state index contributed by atoms with van der Waals surface area (Å²) < 4.78 is 15.7. The van der Waals surface area contributed by atoms with Crippen molar-refractivity contribution in [3.05, 3.63) is 42.5 Å². The summed E-state index contributed by atoms with van der Waals surface area (Å²) in [6, 6.07) is 6.48. The van der Waals surface area contributed by atoms with E-state index >= 15 is 0 Å². The van der Waals surface area contributed by atoms with Gasteiger partial charge in [0.25, 0.3) is 5.91 Å². The highest BCUT2D eigenvalue weighted by Crippen LogP contribution is 2.38. The molecule has 8 heteroatoms. The molecule has 0 bridgehead atoms. The summed E-state index contributed by atoms with van der Waals surface area (Å²) in [4.78, 5) is 12.4. The number of aromatic nitrogens is 2. The SMILES string of the molecule is C=CCNc1ccc(NC(=O)c2cc(OC)c(OC)c(OC)c2)nn1. The quantitative estimate of drug-likeness (QED) is 0.710. The lowest BCUT2D eigenvalue weighted by molar-refractivity contribution is 0.102. The number of hydrogen-bond acceptors (Lipinski definition) is 7. The molecule has 0 fully saturated rings. The number of ether oxygens (including phenoxy) is 3. The maximum atomic E-state index is 12.4. The van der Waals surface area contributed by atoms with Crippen LogP contribution in [0.4, 0.5) is 11.6 Å². The number of carbonyl (C=O) groups excluding carboxylic acids is 1. The summed E-state index contributed by atoms with van der Waals surface area (Å²) in [5, 5.41) is 13.6. The number of benzene rings is 1. The zero-order valence-corrected chi connectivity index (χ0v) is 14.3. The van der Waals surface area contributed by atoms with Gasteiger partial charge in [-0.2, -0.15) is 0 Å². The Morgan fingerprint density at radius 3 is 2.16 bits per heavy atom. The Morgan fingerprint density at radius 2 is 1.68 bits per heavy atom. The van der Waals surface area contributed by atoms with Gasteiger partial charge in [0.15, 0.2) is 17.3 Å². The van der Waals surface area contributed by atoms with Crippen LogP contribution in [0.1, 0.15) is 10.4 Å². The van der Waals surface area contributed by atoms with E-state index in [1.165, 1.54) is 21.3 Å². The van der Waals surface area contributed by atoms with Crippen molar-refractivity contribution in [2.45, 2.75) is 0 Å². The second kappa shape index (κ2) is 8.53. The average Bonchev–Trinajstić information content (AvgIpc) is 2.66. The van der Waals surface area contributed by atoms with Gasteiger partial charge in [-0.1, -0.05) is 6.08 Å². The average molecular weight is 344 g/mol. The molecule has 0 saturated heterocycles. The minimum atomic E-state index is -0.375. The van der Waals surface area contributed by atoms with Gasteiger partial charge in [0.05, 0.1) is 21.3 Å². The first-order valence-electron chi connectivity index (χ1n) is 7.42. The Labute approximate surface area is 145 Å². The van der Waals surface area contributed by atoms with Crippen LogP contribution in [-0.4, -0.2) is 44.0 Å². The van der Waals surface area contributed by atoms with Gasteiger partial charge >= 0.3 is 0 Å². The molecule has 132 valence electrons. The van der Waals surface area contributed by atoms with Crippen molar-refractivity contribution in [2.24, 2.45) is 0 Å². The molecule has 0 aliphatic heterocycles. The van der Waals surface area contributed by atoms with Crippen LogP contribution in [0.5, 0.6) is 17.2 Å². The number of anilines is 2. The second-order valence-corrected chi connectivity index (χ2v) is 4.84. The summed E-state index contributed by atoms with van der Waals surface area (Å²) in [7, 11) is 4.47.